The Labute approximate surface area is 142 Å². The Morgan fingerprint density at radius 1 is 1.33 bits per heavy atom. The molecule has 2 N–H and O–H groups in total. The van der Waals surface area contributed by atoms with Gasteiger partial charge in [0, 0.05) is 24.6 Å². The summed E-state index contributed by atoms with van der Waals surface area (Å²) in [5.74, 6) is 0.402. The normalized spacial score (nSPS) is 35.0. The molecule has 0 radical (unpaired) electrons. The molecule has 1 aliphatic heterocycles. The molecule has 4 unspecified atom stereocenters. The molecule has 0 spiro atoms. The maximum atomic E-state index is 13.2. The minimum Gasteiger partial charge on any atom is -0.386 e. The number of hydrogen-bond donors (Lipinski definition) is 2. The summed E-state index contributed by atoms with van der Waals surface area (Å²) in [6, 6.07) is 6.75. The minimum absolute atomic E-state index is 0.205. The Bertz CT molecular complexity index is 724. The standard InChI is InChI=1S/C20H23FN2O/c1-3-23-20(2)16(12-22-23)11-15-10-14(6-9-18(15)19(20)24)13-4-7-17(21)8-5-13/h3-9,14,16,19,22,24H,1,10-12H2,2H3. The van der Waals surface area contributed by atoms with Crippen molar-refractivity contribution in [3.8, 4) is 0 Å². The molecule has 0 aromatic heterocycles. The zero-order valence-electron chi connectivity index (χ0n) is 13.9. The predicted octanol–water partition coefficient (Wildman–Crippen LogP) is 3.27. The number of benzene rings is 1. The van der Waals surface area contributed by atoms with Crippen molar-refractivity contribution in [2.24, 2.45) is 5.92 Å². The van der Waals surface area contributed by atoms with Gasteiger partial charge in [0.05, 0.1) is 5.54 Å². The lowest BCUT2D eigenvalue weighted by molar-refractivity contribution is 0.00491. The fourth-order valence-corrected chi connectivity index (χ4v) is 4.50. The van der Waals surface area contributed by atoms with E-state index in [1.165, 1.54) is 17.7 Å². The van der Waals surface area contributed by atoms with Crippen molar-refractivity contribution in [2.75, 3.05) is 6.54 Å². The number of hydrazine groups is 1. The van der Waals surface area contributed by atoms with Crippen LogP contribution >= 0.6 is 0 Å². The van der Waals surface area contributed by atoms with E-state index in [4.69, 9.17) is 0 Å². The molecule has 4 atom stereocenters. The monoisotopic (exact) mass is 326 g/mol. The van der Waals surface area contributed by atoms with Crippen molar-refractivity contribution >= 4 is 0 Å². The first-order valence-electron chi connectivity index (χ1n) is 8.53. The van der Waals surface area contributed by atoms with Crippen LogP contribution in [0.1, 0.15) is 31.2 Å². The van der Waals surface area contributed by atoms with E-state index in [0.717, 1.165) is 30.5 Å². The van der Waals surface area contributed by atoms with Crippen molar-refractivity contribution in [1.29, 1.82) is 0 Å². The molecule has 0 amide bonds. The van der Waals surface area contributed by atoms with Crippen LogP contribution in [0, 0.1) is 11.7 Å². The zero-order chi connectivity index (χ0) is 16.9. The molecule has 1 heterocycles. The highest BCUT2D eigenvalue weighted by molar-refractivity contribution is 5.44. The first kappa shape index (κ1) is 15.6. The summed E-state index contributed by atoms with van der Waals surface area (Å²) in [4.78, 5) is 0. The van der Waals surface area contributed by atoms with Crippen LogP contribution in [-0.4, -0.2) is 28.3 Å². The van der Waals surface area contributed by atoms with Crippen LogP contribution in [0.5, 0.6) is 0 Å². The van der Waals surface area contributed by atoms with E-state index >= 15 is 0 Å². The smallest absolute Gasteiger partial charge is 0.123 e. The van der Waals surface area contributed by atoms with Gasteiger partial charge in [-0.1, -0.05) is 36.4 Å². The van der Waals surface area contributed by atoms with Crippen molar-refractivity contribution in [1.82, 2.24) is 10.4 Å². The first-order chi connectivity index (χ1) is 11.5. The van der Waals surface area contributed by atoms with Crippen molar-refractivity contribution in [3.63, 3.8) is 0 Å². The predicted molar refractivity (Wildman–Crippen MR) is 92.5 cm³/mol. The van der Waals surface area contributed by atoms with E-state index in [-0.39, 0.29) is 17.3 Å². The van der Waals surface area contributed by atoms with Gasteiger partial charge in [-0.05, 0) is 43.0 Å². The summed E-state index contributed by atoms with van der Waals surface area (Å²) in [7, 11) is 0. The summed E-state index contributed by atoms with van der Waals surface area (Å²) < 4.78 is 13.2. The van der Waals surface area contributed by atoms with Crippen LogP contribution in [0.2, 0.25) is 0 Å². The van der Waals surface area contributed by atoms with Crippen molar-refractivity contribution in [3.05, 3.63) is 71.7 Å². The number of allylic oxidation sites excluding steroid dienone is 2. The Morgan fingerprint density at radius 2 is 2.08 bits per heavy atom. The van der Waals surface area contributed by atoms with Gasteiger partial charge in [-0.3, -0.25) is 0 Å². The second-order valence-electron chi connectivity index (χ2n) is 7.22. The quantitative estimate of drug-likeness (QED) is 0.875. The van der Waals surface area contributed by atoms with E-state index in [2.05, 4.69) is 31.1 Å². The van der Waals surface area contributed by atoms with Gasteiger partial charge < -0.3 is 10.1 Å². The summed E-state index contributed by atoms with van der Waals surface area (Å²) in [6.45, 7) is 6.82. The number of halogens is 1. The number of aliphatic hydroxyl groups is 1. The van der Waals surface area contributed by atoms with Gasteiger partial charge in [-0.25, -0.2) is 9.82 Å². The van der Waals surface area contributed by atoms with Crippen LogP contribution in [0.4, 0.5) is 4.39 Å². The third-order valence-electron chi connectivity index (χ3n) is 6.06. The number of nitrogens with one attached hydrogen (secondary N) is 1. The molecule has 1 aromatic carbocycles. The summed E-state index contributed by atoms with van der Waals surface area (Å²) >= 11 is 0. The second-order valence-corrected chi connectivity index (χ2v) is 7.22. The topological polar surface area (TPSA) is 35.5 Å². The molecule has 24 heavy (non-hydrogen) atoms. The molecule has 2 aliphatic carbocycles. The fraction of sp³-hybridized carbons (Fsp3) is 0.400. The summed E-state index contributed by atoms with van der Waals surface area (Å²) in [6.07, 6.45) is 7.31. The van der Waals surface area contributed by atoms with Gasteiger partial charge in [-0.2, -0.15) is 0 Å². The SMILES string of the molecule is C=CN1NCC2CC3=C(C=CC(c4ccc(F)cc4)C3)C(O)C21C. The molecular weight excluding hydrogens is 303 g/mol. The Balaban J connectivity index is 1.63. The molecule has 1 aromatic rings. The molecular formula is C20H23FN2O. The van der Waals surface area contributed by atoms with Gasteiger partial charge in [0.15, 0.2) is 0 Å². The van der Waals surface area contributed by atoms with E-state index in [1.54, 1.807) is 6.20 Å². The lowest BCUT2D eigenvalue weighted by atomic mass is 9.66. The number of rotatable bonds is 2. The maximum Gasteiger partial charge on any atom is 0.123 e. The molecule has 4 rings (SSSR count). The molecule has 4 heteroatoms. The molecule has 3 aliphatic rings. The van der Waals surface area contributed by atoms with Crippen LogP contribution in [-0.2, 0) is 0 Å². The van der Waals surface area contributed by atoms with Gasteiger partial charge in [0.1, 0.15) is 11.9 Å². The van der Waals surface area contributed by atoms with Crippen LogP contribution in [0.3, 0.4) is 0 Å². The average Bonchev–Trinajstić information content (AvgIpc) is 2.92. The largest absolute Gasteiger partial charge is 0.386 e. The molecule has 126 valence electrons. The third-order valence-corrected chi connectivity index (χ3v) is 6.06. The Kier molecular flexibility index (Phi) is 3.62. The van der Waals surface area contributed by atoms with Crippen molar-refractivity contribution in [2.45, 2.75) is 37.3 Å². The number of aliphatic hydroxyl groups excluding tert-OH is 1. The highest BCUT2D eigenvalue weighted by Crippen LogP contribution is 2.48. The van der Waals surface area contributed by atoms with Crippen LogP contribution in [0.25, 0.3) is 0 Å². The van der Waals surface area contributed by atoms with E-state index in [0.29, 0.717) is 5.92 Å². The highest BCUT2D eigenvalue weighted by Gasteiger charge is 2.53. The van der Waals surface area contributed by atoms with Crippen molar-refractivity contribution < 1.29 is 9.50 Å². The van der Waals surface area contributed by atoms with Gasteiger partial charge >= 0.3 is 0 Å². The maximum absolute atomic E-state index is 13.2. The van der Waals surface area contributed by atoms with E-state index < -0.39 is 6.10 Å². The number of hydrogen-bond acceptors (Lipinski definition) is 3. The van der Waals surface area contributed by atoms with Gasteiger partial charge in [0.25, 0.3) is 0 Å². The Hall–Kier alpha value is -1.91. The van der Waals surface area contributed by atoms with E-state index in [9.17, 15) is 9.50 Å². The summed E-state index contributed by atoms with van der Waals surface area (Å²) in [5.41, 5.74) is 6.48. The van der Waals surface area contributed by atoms with Gasteiger partial charge in [-0.15, -0.1) is 0 Å². The minimum atomic E-state index is -0.537. The molecule has 0 saturated carbocycles. The van der Waals surface area contributed by atoms with Crippen LogP contribution in [0.15, 0.2) is 60.3 Å². The average molecular weight is 326 g/mol. The first-order valence-corrected chi connectivity index (χ1v) is 8.53. The van der Waals surface area contributed by atoms with E-state index in [1.807, 2.05) is 17.1 Å². The molecule has 1 saturated heterocycles. The molecule has 1 fully saturated rings. The fourth-order valence-electron chi connectivity index (χ4n) is 4.50. The lowest BCUT2D eigenvalue weighted by Gasteiger charge is -2.47. The highest BCUT2D eigenvalue weighted by atomic mass is 19.1. The third kappa shape index (κ3) is 2.17. The number of nitrogens with zero attached hydrogens (tertiary/aromatic N) is 1. The number of fused-ring (bicyclic) bond motifs is 1. The molecule has 0 bridgehead atoms. The van der Waals surface area contributed by atoms with Gasteiger partial charge in [0.2, 0.25) is 0 Å². The van der Waals surface area contributed by atoms with Crippen LogP contribution < -0.4 is 5.43 Å². The lowest BCUT2D eigenvalue weighted by Crippen LogP contribution is -2.56. The zero-order valence-corrected chi connectivity index (χ0v) is 13.9. The summed E-state index contributed by atoms with van der Waals surface area (Å²) in [5, 5.41) is 13.0. The molecule has 3 nitrogen and oxygen atoms in total. The second kappa shape index (κ2) is 5.57. The Morgan fingerprint density at radius 3 is 2.79 bits per heavy atom.